The van der Waals surface area contributed by atoms with Gasteiger partial charge < -0.3 is 21.5 Å². The van der Waals surface area contributed by atoms with Crippen LogP contribution in [-0.4, -0.2) is 10.4 Å². The van der Waals surface area contributed by atoms with Crippen LogP contribution in [0, 0.1) is 0 Å². The first-order chi connectivity index (χ1) is 11.7. The summed E-state index contributed by atoms with van der Waals surface area (Å²) in [7, 11) is 0. The molecular weight excluding hydrogens is 396 g/mol. The molecule has 1 heterocycles. The zero-order chi connectivity index (χ0) is 16.9. The minimum absolute atomic E-state index is 0. The van der Waals surface area contributed by atoms with E-state index in [4.69, 9.17) is 4.99 Å². The third-order valence-electron chi connectivity index (χ3n) is 3.68. The second-order valence-electron chi connectivity index (χ2n) is 5.38. The molecule has 0 saturated carbocycles. The number of aromatic nitrogens is 1. The van der Waals surface area contributed by atoms with Crippen molar-refractivity contribution >= 4 is 22.8 Å². The molecule has 0 atom stereocenters. The number of ketones is 1. The summed E-state index contributed by atoms with van der Waals surface area (Å²) in [6.07, 6.45) is 1.87. The monoisotopic (exact) mass is 413 g/mol. The molecule has 2 aromatic carbocycles. The molecule has 3 nitrogen and oxygen atoms in total. The average molecular weight is 414 g/mol. The number of halogens is 1. The van der Waals surface area contributed by atoms with Crippen LogP contribution in [0.4, 0.5) is 5.69 Å². The van der Waals surface area contributed by atoms with Crippen molar-refractivity contribution < 1.29 is 21.8 Å². The largest absolute Gasteiger partial charge is 1.00 e. The number of hydrogen-bond donors (Lipinski definition) is 0. The smallest absolute Gasteiger partial charge is 0.190 e. The highest BCUT2D eigenvalue weighted by atomic mass is 79.9. The number of Topliss-reactive ketones (excluding diaryl/α,β-unsaturated/α-hetero) is 1. The molecule has 5 heteroatoms. The van der Waals surface area contributed by atoms with Gasteiger partial charge in [0.1, 0.15) is 0 Å². The van der Waals surface area contributed by atoms with E-state index in [1.807, 2.05) is 48.5 Å². The average Bonchev–Trinajstić information content (AvgIpc) is 2.99. The van der Waals surface area contributed by atoms with E-state index in [9.17, 15) is 4.79 Å². The molecule has 1 aromatic heterocycles. The van der Waals surface area contributed by atoms with Crippen LogP contribution in [0.3, 0.4) is 0 Å². The van der Waals surface area contributed by atoms with Gasteiger partial charge in [0.25, 0.3) is 0 Å². The van der Waals surface area contributed by atoms with Gasteiger partial charge in [-0.05, 0) is 36.8 Å². The molecule has 0 unspecified atom stereocenters. The Bertz CT molecular complexity index is 924. The molecule has 0 N–H and O–H groups in total. The van der Waals surface area contributed by atoms with Gasteiger partial charge in [-0.2, -0.15) is 0 Å². The zero-order valence-corrected chi connectivity index (χ0v) is 16.3. The topological polar surface area (TPSA) is 34.4 Å². The fourth-order valence-corrected chi connectivity index (χ4v) is 3.38. The van der Waals surface area contributed by atoms with E-state index in [1.165, 1.54) is 0 Å². The fraction of sp³-hybridized carbons (Fsp3) is 0.100. The highest BCUT2D eigenvalue weighted by Crippen LogP contribution is 2.20. The molecular formula is C20H18BrN2OS-. The third kappa shape index (κ3) is 4.44. The van der Waals surface area contributed by atoms with E-state index >= 15 is 0 Å². The number of carbonyl (C=O) groups is 1. The van der Waals surface area contributed by atoms with Crippen molar-refractivity contribution in [1.82, 2.24) is 4.57 Å². The second-order valence-corrected chi connectivity index (χ2v) is 6.22. The van der Waals surface area contributed by atoms with Gasteiger partial charge in [0, 0.05) is 17.5 Å². The Morgan fingerprint density at radius 2 is 1.84 bits per heavy atom. The van der Waals surface area contributed by atoms with Gasteiger partial charge in [-0.15, -0.1) is 17.9 Å². The molecule has 3 aromatic rings. The van der Waals surface area contributed by atoms with Crippen molar-refractivity contribution in [2.45, 2.75) is 13.5 Å². The van der Waals surface area contributed by atoms with E-state index in [1.54, 1.807) is 18.3 Å². The molecule has 128 valence electrons. The van der Waals surface area contributed by atoms with Gasteiger partial charge >= 0.3 is 0 Å². The van der Waals surface area contributed by atoms with Crippen molar-refractivity contribution in [2.75, 3.05) is 0 Å². The van der Waals surface area contributed by atoms with Crippen molar-refractivity contribution in [3.63, 3.8) is 0 Å². The molecule has 25 heavy (non-hydrogen) atoms. The molecule has 0 radical (unpaired) electrons. The Labute approximate surface area is 161 Å². The summed E-state index contributed by atoms with van der Waals surface area (Å²) in [4.78, 5) is 17.0. The number of thiazole rings is 1. The molecule has 0 bridgehead atoms. The van der Waals surface area contributed by atoms with Gasteiger partial charge in [0.2, 0.25) is 0 Å². The predicted molar refractivity (Wildman–Crippen MR) is 99.6 cm³/mol. The molecule has 0 amide bonds. The Kier molecular flexibility index (Phi) is 6.67. The summed E-state index contributed by atoms with van der Waals surface area (Å²) in [5, 5.41) is 2.11. The van der Waals surface area contributed by atoms with Crippen molar-refractivity contribution in [2.24, 2.45) is 4.99 Å². The standard InChI is InChI=1S/C20H18N2OS.BrH/c1-3-13-22-19(17-7-5-4-6-8-17)14-24-20(22)21-18-11-9-16(10-12-18)15(2)23;/h3-12,14H,1,13H2,2H3;1H/p-1. The van der Waals surface area contributed by atoms with Crippen LogP contribution in [0.25, 0.3) is 11.3 Å². The maximum Gasteiger partial charge on any atom is 0.190 e. The van der Waals surface area contributed by atoms with Crippen LogP contribution in [0.15, 0.2) is 77.6 Å². The lowest BCUT2D eigenvalue weighted by Crippen LogP contribution is -3.00. The maximum absolute atomic E-state index is 11.4. The molecule has 0 fully saturated rings. The normalized spacial score (nSPS) is 11.0. The predicted octanol–water partition coefficient (Wildman–Crippen LogP) is 1.84. The van der Waals surface area contributed by atoms with Crippen molar-refractivity contribution in [1.29, 1.82) is 0 Å². The summed E-state index contributed by atoms with van der Waals surface area (Å²) in [5.74, 6) is 0.0609. The van der Waals surface area contributed by atoms with Crippen LogP contribution in [-0.2, 0) is 6.54 Å². The van der Waals surface area contributed by atoms with Gasteiger partial charge in [0.05, 0.1) is 11.4 Å². The Morgan fingerprint density at radius 1 is 1.16 bits per heavy atom. The van der Waals surface area contributed by atoms with Crippen LogP contribution in [0.5, 0.6) is 0 Å². The van der Waals surface area contributed by atoms with E-state index in [-0.39, 0.29) is 22.8 Å². The summed E-state index contributed by atoms with van der Waals surface area (Å²) in [6, 6.07) is 17.6. The van der Waals surface area contributed by atoms with Crippen molar-refractivity contribution in [3.8, 4) is 11.3 Å². The van der Waals surface area contributed by atoms with Crippen LogP contribution < -0.4 is 21.8 Å². The molecule has 0 aliphatic rings. The lowest BCUT2D eigenvalue weighted by Gasteiger charge is -2.06. The second kappa shape index (κ2) is 8.74. The first-order valence-corrected chi connectivity index (χ1v) is 8.57. The lowest BCUT2D eigenvalue weighted by atomic mass is 10.1. The minimum atomic E-state index is 0. The number of rotatable bonds is 5. The highest BCUT2D eigenvalue weighted by Gasteiger charge is 2.07. The van der Waals surface area contributed by atoms with Gasteiger partial charge in [-0.3, -0.25) is 4.79 Å². The first-order valence-electron chi connectivity index (χ1n) is 7.69. The number of benzene rings is 2. The number of allylic oxidation sites excluding steroid dienone is 1. The number of hydrogen-bond acceptors (Lipinski definition) is 3. The SMILES string of the molecule is C=CCn1c(-c2ccccc2)csc1=Nc1ccc(C(C)=O)cc1.[Br-]. The maximum atomic E-state index is 11.4. The number of nitrogens with zero attached hydrogens (tertiary/aromatic N) is 2. The minimum Gasteiger partial charge on any atom is -1.00 e. The summed E-state index contributed by atoms with van der Waals surface area (Å²) >= 11 is 1.60. The molecule has 0 aliphatic heterocycles. The van der Waals surface area contributed by atoms with Gasteiger partial charge in [-0.1, -0.05) is 36.4 Å². The Hall–Kier alpha value is -2.24. The third-order valence-corrected chi connectivity index (χ3v) is 4.54. The number of carbonyl (C=O) groups excluding carboxylic acids is 1. The molecule has 0 spiro atoms. The zero-order valence-electron chi connectivity index (χ0n) is 13.9. The summed E-state index contributed by atoms with van der Waals surface area (Å²) in [5.41, 5.74) is 3.81. The quantitative estimate of drug-likeness (QED) is 0.464. The first kappa shape index (κ1) is 19.1. The Morgan fingerprint density at radius 3 is 2.44 bits per heavy atom. The van der Waals surface area contributed by atoms with Crippen LogP contribution in [0.2, 0.25) is 0 Å². The van der Waals surface area contributed by atoms with E-state index in [0.717, 1.165) is 21.7 Å². The summed E-state index contributed by atoms with van der Waals surface area (Å²) in [6.45, 7) is 6.11. The van der Waals surface area contributed by atoms with E-state index < -0.39 is 0 Å². The molecule has 0 saturated heterocycles. The van der Waals surface area contributed by atoms with Crippen molar-refractivity contribution in [3.05, 3.63) is 83.0 Å². The van der Waals surface area contributed by atoms with E-state index in [0.29, 0.717) is 12.1 Å². The van der Waals surface area contributed by atoms with Gasteiger partial charge in [-0.25, -0.2) is 4.99 Å². The highest BCUT2D eigenvalue weighted by molar-refractivity contribution is 7.07. The van der Waals surface area contributed by atoms with Gasteiger partial charge in [0.15, 0.2) is 10.6 Å². The van der Waals surface area contributed by atoms with Crippen LogP contribution in [0.1, 0.15) is 17.3 Å². The molecule has 3 rings (SSSR count). The lowest BCUT2D eigenvalue weighted by molar-refractivity contribution is -0.0000128. The summed E-state index contributed by atoms with van der Waals surface area (Å²) < 4.78 is 2.14. The fourth-order valence-electron chi connectivity index (χ4n) is 2.44. The Balaban J connectivity index is 0.00000225. The van der Waals surface area contributed by atoms with E-state index in [2.05, 4.69) is 28.7 Å². The van der Waals surface area contributed by atoms with Crippen LogP contribution >= 0.6 is 11.3 Å². The molecule has 0 aliphatic carbocycles.